The van der Waals surface area contributed by atoms with E-state index in [9.17, 15) is 14.4 Å². The number of urea groups is 1. The first-order chi connectivity index (χ1) is 11.5. The number of rotatable bonds is 10. The number of nitrogens with two attached hydrogens (primary N) is 1. The zero-order chi connectivity index (χ0) is 17.5. The summed E-state index contributed by atoms with van der Waals surface area (Å²) in [5.41, 5.74) is 5.10. The molecule has 2 saturated heterocycles. The first-order valence-corrected chi connectivity index (χ1v) is 9.77. The van der Waals surface area contributed by atoms with Crippen molar-refractivity contribution in [2.45, 2.75) is 75.2 Å². The number of fused-ring (bicyclic) bond motifs is 1. The van der Waals surface area contributed by atoms with Crippen LogP contribution in [-0.2, 0) is 9.59 Å². The molecule has 0 spiro atoms. The molecule has 5 N–H and O–H groups in total. The van der Waals surface area contributed by atoms with Crippen LogP contribution in [0.15, 0.2) is 0 Å². The topological polar surface area (TPSA) is 113 Å². The van der Waals surface area contributed by atoms with Crippen LogP contribution in [0.25, 0.3) is 0 Å². The number of thioether (sulfide) groups is 1. The smallest absolute Gasteiger partial charge is 0.315 e. The fourth-order valence-corrected chi connectivity index (χ4v) is 4.82. The molecule has 2 aliphatic rings. The predicted molar refractivity (Wildman–Crippen MR) is 94.6 cm³/mol. The van der Waals surface area contributed by atoms with Gasteiger partial charge >= 0.3 is 6.03 Å². The summed E-state index contributed by atoms with van der Waals surface area (Å²) in [6.45, 7) is 1.95. The second-order valence-corrected chi connectivity index (χ2v) is 7.97. The molecule has 2 rings (SSSR count). The Labute approximate surface area is 147 Å². The fourth-order valence-electron chi connectivity index (χ4n) is 3.28. The van der Waals surface area contributed by atoms with Crippen LogP contribution in [0.4, 0.5) is 4.79 Å². The van der Waals surface area contributed by atoms with Gasteiger partial charge in [-0.2, -0.15) is 11.8 Å². The Morgan fingerprint density at radius 2 is 2.08 bits per heavy atom. The lowest BCUT2D eigenvalue weighted by Gasteiger charge is -2.17. The predicted octanol–water partition coefficient (Wildman–Crippen LogP) is 0.873. The van der Waals surface area contributed by atoms with E-state index in [2.05, 4.69) is 16.0 Å². The normalized spacial score (nSPS) is 26.4. The molecule has 4 atom stereocenters. The molecule has 4 amide bonds. The summed E-state index contributed by atoms with van der Waals surface area (Å²) in [5, 5.41) is 9.33. The molecule has 7 nitrogen and oxygen atoms in total. The molecule has 2 fully saturated rings. The summed E-state index contributed by atoms with van der Waals surface area (Å²) in [4.78, 5) is 33.9. The minimum absolute atomic E-state index is 0.0556. The summed E-state index contributed by atoms with van der Waals surface area (Å²) < 4.78 is 0. The van der Waals surface area contributed by atoms with Crippen molar-refractivity contribution in [1.29, 1.82) is 0 Å². The van der Waals surface area contributed by atoms with Crippen molar-refractivity contribution < 1.29 is 14.4 Å². The molecule has 0 saturated carbocycles. The van der Waals surface area contributed by atoms with Gasteiger partial charge in [0.1, 0.15) is 0 Å². The second kappa shape index (κ2) is 9.15. The highest BCUT2D eigenvalue weighted by Gasteiger charge is 2.42. The van der Waals surface area contributed by atoms with Crippen LogP contribution in [-0.4, -0.2) is 47.0 Å². The van der Waals surface area contributed by atoms with Gasteiger partial charge in [0, 0.05) is 29.9 Å². The summed E-state index contributed by atoms with van der Waals surface area (Å²) in [5.74, 6) is 0.737. The molecule has 2 aliphatic heterocycles. The first kappa shape index (κ1) is 18.9. The van der Waals surface area contributed by atoms with E-state index in [1.807, 2.05) is 18.7 Å². The van der Waals surface area contributed by atoms with Crippen molar-refractivity contribution in [2.24, 2.45) is 5.73 Å². The molecule has 0 aromatic rings. The van der Waals surface area contributed by atoms with E-state index in [0.29, 0.717) is 24.5 Å². The second-order valence-electron chi connectivity index (χ2n) is 6.69. The maximum absolute atomic E-state index is 11.9. The number of nitrogens with one attached hydrogen (secondary N) is 3. The fraction of sp³-hybridized carbons (Fsp3) is 0.812. The van der Waals surface area contributed by atoms with Crippen LogP contribution < -0.4 is 21.7 Å². The monoisotopic (exact) mass is 356 g/mol. The molecule has 136 valence electrons. The van der Waals surface area contributed by atoms with Crippen LogP contribution in [0.2, 0.25) is 0 Å². The maximum Gasteiger partial charge on any atom is 0.315 e. The van der Waals surface area contributed by atoms with Crippen LogP contribution >= 0.6 is 11.8 Å². The Hall–Kier alpha value is -1.44. The van der Waals surface area contributed by atoms with E-state index >= 15 is 0 Å². The van der Waals surface area contributed by atoms with Crippen LogP contribution in [0, 0.1) is 0 Å². The molecular formula is C16H28N4O3S. The van der Waals surface area contributed by atoms with Crippen molar-refractivity contribution in [3.63, 3.8) is 0 Å². The summed E-state index contributed by atoms with van der Waals surface area (Å²) in [6, 6.07) is 0.515. The molecule has 0 aromatic carbocycles. The van der Waals surface area contributed by atoms with Gasteiger partial charge in [-0.05, 0) is 32.6 Å². The number of primary amides is 1. The number of carbonyl (C=O) groups is 3. The van der Waals surface area contributed by atoms with Crippen LogP contribution in [0.5, 0.6) is 0 Å². The van der Waals surface area contributed by atoms with Crippen LogP contribution in [0.1, 0.15) is 51.9 Å². The van der Waals surface area contributed by atoms with Gasteiger partial charge in [-0.3, -0.25) is 9.59 Å². The van der Waals surface area contributed by atoms with Gasteiger partial charge in [-0.15, -0.1) is 0 Å². The highest BCUT2D eigenvalue weighted by molar-refractivity contribution is 8.00. The van der Waals surface area contributed by atoms with E-state index in [0.717, 1.165) is 31.4 Å². The molecule has 8 heteroatoms. The maximum atomic E-state index is 11.9. The molecular weight excluding hydrogens is 328 g/mol. The number of carbonyl (C=O) groups excluding carboxylic acids is 3. The van der Waals surface area contributed by atoms with E-state index in [1.165, 1.54) is 0 Å². The van der Waals surface area contributed by atoms with Gasteiger partial charge in [-0.25, -0.2) is 4.79 Å². The Kier molecular flexibility index (Phi) is 7.20. The summed E-state index contributed by atoms with van der Waals surface area (Å²) >= 11 is 1.90. The SMILES string of the molecule is CC(CCCC(N)=O)NC(=O)CCCC[C@@H]1SC[C@@H]2NC(=O)N[C@@H]21. The average molecular weight is 356 g/mol. The largest absolute Gasteiger partial charge is 0.370 e. The third-order valence-electron chi connectivity index (χ3n) is 4.55. The lowest BCUT2D eigenvalue weighted by Crippen LogP contribution is -2.36. The molecule has 0 bridgehead atoms. The van der Waals surface area contributed by atoms with E-state index in [-0.39, 0.29) is 36.0 Å². The molecule has 0 aliphatic carbocycles. The van der Waals surface area contributed by atoms with E-state index < -0.39 is 0 Å². The van der Waals surface area contributed by atoms with Gasteiger partial charge in [0.2, 0.25) is 11.8 Å². The van der Waals surface area contributed by atoms with Crippen LogP contribution in [0.3, 0.4) is 0 Å². The summed E-state index contributed by atoms with van der Waals surface area (Å²) in [7, 11) is 0. The lowest BCUT2D eigenvalue weighted by atomic mass is 10.0. The zero-order valence-electron chi connectivity index (χ0n) is 14.2. The lowest BCUT2D eigenvalue weighted by molar-refractivity contribution is -0.121. The Morgan fingerprint density at radius 1 is 1.29 bits per heavy atom. The number of hydrogen-bond donors (Lipinski definition) is 4. The molecule has 0 radical (unpaired) electrons. The average Bonchev–Trinajstić information content (AvgIpc) is 3.02. The number of hydrogen-bond acceptors (Lipinski definition) is 4. The van der Waals surface area contributed by atoms with Gasteiger partial charge < -0.3 is 21.7 Å². The minimum atomic E-state index is -0.297. The quantitative estimate of drug-likeness (QED) is 0.343. The number of unbranched alkanes of at least 4 members (excludes halogenated alkanes) is 1. The highest BCUT2D eigenvalue weighted by Crippen LogP contribution is 2.33. The van der Waals surface area contributed by atoms with Crippen molar-refractivity contribution in [3.8, 4) is 0 Å². The van der Waals surface area contributed by atoms with Gasteiger partial charge in [0.25, 0.3) is 0 Å². The Morgan fingerprint density at radius 3 is 2.83 bits per heavy atom. The van der Waals surface area contributed by atoms with E-state index in [4.69, 9.17) is 5.73 Å². The Balaban J connectivity index is 1.53. The number of amides is 4. The highest BCUT2D eigenvalue weighted by atomic mass is 32.2. The van der Waals surface area contributed by atoms with Gasteiger partial charge in [0.15, 0.2) is 0 Å². The Bertz CT molecular complexity index is 474. The third kappa shape index (κ3) is 5.89. The molecule has 24 heavy (non-hydrogen) atoms. The van der Waals surface area contributed by atoms with Crippen molar-refractivity contribution in [2.75, 3.05) is 5.75 Å². The van der Waals surface area contributed by atoms with Crippen molar-refractivity contribution >= 4 is 29.6 Å². The minimum Gasteiger partial charge on any atom is -0.370 e. The standard InChI is InChI=1S/C16H28N4O3S/c1-10(5-4-7-13(17)21)18-14(22)8-3-2-6-12-15-11(9-24-12)19-16(23)20-15/h10-12,15H,2-9H2,1H3,(H2,17,21)(H,18,22)(H2,19,20,23)/t10?,11-,12-,15-/m0/s1. The van der Waals surface area contributed by atoms with Crippen molar-refractivity contribution in [3.05, 3.63) is 0 Å². The third-order valence-corrected chi connectivity index (χ3v) is 6.06. The molecule has 1 unspecified atom stereocenters. The van der Waals surface area contributed by atoms with Gasteiger partial charge in [0.05, 0.1) is 12.1 Å². The molecule has 2 heterocycles. The molecule has 0 aromatic heterocycles. The van der Waals surface area contributed by atoms with E-state index in [1.54, 1.807) is 0 Å². The zero-order valence-corrected chi connectivity index (χ0v) is 15.0. The first-order valence-electron chi connectivity index (χ1n) is 8.72. The van der Waals surface area contributed by atoms with Gasteiger partial charge in [-0.1, -0.05) is 6.42 Å². The van der Waals surface area contributed by atoms with Crippen molar-refractivity contribution in [1.82, 2.24) is 16.0 Å². The summed E-state index contributed by atoms with van der Waals surface area (Å²) in [6.07, 6.45) is 5.23.